The van der Waals surface area contributed by atoms with Crippen LogP contribution in [0.4, 0.5) is 10.3 Å². The van der Waals surface area contributed by atoms with E-state index in [9.17, 15) is 9.65 Å². The molecular formula is C22H20FN7O. The summed E-state index contributed by atoms with van der Waals surface area (Å²) in [5.41, 5.74) is 3.96. The zero-order valence-corrected chi connectivity index (χ0v) is 17.0. The van der Waals surface area contributed by atoms with Gasteiger partial charge in [-0.15, -0.1) is 0 Å². The maximum absolute atomic E-state index is 14.5. The minimum Gasteiger partial charge on any atom is -0.493 e. The van der Waals surface area contributed by atoms with Crippen LogP contribution in [0, 0.1) is 17.1 Å². The summed E-state index contributed by atoms with van der Waals surface area (Å²) in [6.07, 6.45) is 8.69. The van der Waals surface area contributed by atoms with Gasteiger partial charge < -0.3 is 10.1 Å². The summed E-state index contributed by atoms with van der Waals surface area (Å²) < 4.78 is 23.6. The Bertz CT molecular complexity index is 1320. The van der Waals surface area contributed by atoms with E-state index < -0.39 is 0 Å². The van der Waals surface area contributed by atoms with Gasteiger partial charge in [-0.25, -0.2) is 14.4 Å². The lowest BCUT2D eigenvalue weighted by Crippen LogP contribution is -2.09. The summed E-state index contributed by atoms with van der Waals surface area (Å²) >= 11 is 0. The average molecular weight is 417 g/mol. The maximum atomic E-state index is 14.5. The van der Waals surface area contributed by atoms with Crippen molar-refractivity contribution < 1.29 is 9.13 Å². The van der Waals surface area contributed by atoms with Crippen molar-refractivity contribution >= 4 is 11.6 Å². The molecule has 9 heteroatoms. The van der Waals surface area contributed by atoms with Crippen molar-refractivity contribution in [1.82, 2.24) is 24.1 Å². The van der Waals surface area contributed by atoms with Crippen LogP contribution in [0.2, 0.25) is 0 Å². The number of aryl methyl sites for hydroxylation is 1. The van der Waals surface area contributed by atoms with Crippen molar-refractivity contribution in [3.63, 3.8) is 0 Å². The molecule has 156 valence electrons. The SMILES string of the molecule is CCCn1cc(-c2cnc(NCc3c(F)ccc4c3CCO4)n3cc(C#N)nc23)cn1. The van der Waals surface area contributed by atoms with Crippen LogP contribution in [-0.4, -0.2) is 30.8 Å². The molecule has 0 atom stereocenters. The average Bonchev–Trinajstić information content (AvgIpc) is 3.52. The highest BCUT2D eigenvalue weighted by molar-refractivity contribution is 5.77. The molecule has 0 amide bonds. The quantitative estimate of drug-likeness (QED) is 0.516. The predicted molar refractivity (Wildman–Crippen MR) is 112 cm³/mol. The summed E-state index contributed by atoms with van der Waals surface area (Å²) in [6.45, 7) is 3.71. The van der Waals surface area contributed by atoms with Gasteiger partial charge in [0.15, 0.2) is 11.3 Å². The van der Waals surface area contributed by atoms with Gasteiger partial charge in [0.2, 0.25) is 5.95 Å². The number of rotatable bonds is 6. The minimum atomic E-state index is -0.281. The van der Waals surface area contributed by atoms with E-state index in [0.29, 0.717) is 30.2 Å². The predicted octanol–water partition coefficient (Wildman–Crippen LogP) is 3.56. The highest BCUT2D eigenvalue weighted by Crippen LogP contribution is 2.31. The van der Waals surface area contributed by atoms with Gasteiger partial charge in [-0.05, 0) is 18.6 Å². The van der Waals surface area contributed by atoms with Gasteiger partial charge in [0.05, 0.1) is 19.0 Å². The molecule has 0 fully saturated rings. The number of ether oxygens (including phenoxy) is 1. The monoisotopic (exact) mass is 417 g/mol. The molecule has 1 aliphatic rings. The van der Waals surface area contributed by atoms with Gasteiger partial charge in [-0.1, -0.05) is 6.92 Å². The van der Waals surface area contributed by atoms with Crippen LogP contribution in [0.3, 0.4) is 0 Å². The molecule has 0 saturated heterocycles. The van der Waals surface area contributed by atoms with Gasteiger partial charge in [-0.3, -0.25) is 9.08 Å². The number of fused-ring (bicyclic) bond motifs is 2. The van der Waals surface area contributed by atoms with Crippen LogP contribution in [0.5, 0.6) is 5.75 Å². The molecule has 8 nitrogen and oxygen atoms in total. The largest absolute Gasteiger partial charge is 0.493 e. The second-order valence-corrected chi connectivity index (χ2v) is 7.37. The smallest absolute Gasteiger partial charge is 0.208 e. The zero-order chi connectivity index (χ0) is 21.4. The topological polar surface area (TPSA) is 93.1 Å². The Morgan fingerprint density at radius 3 is 3.03 bits per heavy atom. The van der Waals surface area contributed by atoms with E-state index in [1.54, 1.807) is 29.1 Å². The molecule has 0 spiro atoms. The molecule has 1 aliphatic heterocycles. The molecule has 0 radical (unpaired) electrons. The lowest BCUT2D eigenvalue weighted by molar-refractivity contribution is 0.356. The van der Waals surface area contributed by atoms with Crippen molar-refractivity contribution in [3.05, 3.63) is 59.6 Å². The molecule has 1 N–H and O–H groups in total. The van der Waals surface area contributed by atoms with Crippen molar-refractivity contribution in [2.24, 2.45) is 0 Å². The summed E-state index contributed by atoms with van der Waals surface area (Å²) in [6, 6.07) is 5.17. The van der Waals surface area contributed by atoms with Crippen LogP contribution in [0.1, 0.15) is 30.2 Å². The molecule has 4 aromatic rings. The Labute approximate surface area is 177 Å². The van der Waals surface area contributed by atoms with Crippen molar-refractivity contribution in [1.29, 1.82) is 5.26 Å². The fourth-order valence-electron chi connectivity index (χ4n) is 3.89. The molecular weight excluding hydrogens is 397 g/mol. The molecule has 0 unspecified atom stereocenters. The Morgan fingerprint density at radius 2 is 2.19 bits per heavy atom. The van der Waals surface area contributed by atoms with Gasteiger partial charge in [-0.2, -0.15) is 10.4 Å². The van der Waals surface area contributed by atoms with Crippen LogP contribution >= 0.6 is 0 Å². The van der Waals surface area contributed by atoms with E-state index in [1.807, 2.05) is 10.9 Å². The maximum Gasteiger partial charge on any atom is 0.208 e. The first kappa shape index (κ1) is 19.1. The molecule has 1 aromatic carbocycles. The van der Waals surface area contributed by atoms with Crippen LogP contribution in [-0.2, 0) is 19.5 Å². The van der Waals surface area contributed by atoms with Crippen LogP contribution in [0.25, 0.3) is 16.8 Å². The number of aromatic nitrogens is 5. The first-order valence-electron chi connectivity index (χ1n) is 10.2. The second kappa shape index (κ2) is 7.72. The Balaban J connectivity index is 1.51. The third-order valence-corrected chi connectivity index (χ3v) is 5.37. The fraction of sp³-hybridized carbons (Fsp3) is 0.273. The Kier molecular flexibility index (Phi) is 4.75. The van der Waals surface area contributed by atoms with E-state index in [-0.39, 0.29) is 18.1 Å². The Hall–Kier alpha value is -3.93. The van der Waals surface area contributed by atoms with E-state index in [1.165, 1.54) is 6.07 Å². The van der Waals surface area contributed by atoms with E-state index in [2.05, 4.69) is 33.4 Å². The normalized spacial score (nSPS) is 12.5. The minimum absolute atomic E-state index is 0.244. The molecule has 0 aliphatic carbocycles. The van der Waals surface area contributed by atoms with Crippen LogP contribution in [0.15, 0.2) is 36.9 Å². The lowest BCUT2D eigenvalue weighted by Gasteiger charge is -2.12. The fourth-order valence-corrected chi connectivity index (χ4v) is 3.89. The third-order valence-electron chi connectivity index (χ3n) is 5.37. The number of benzene rings is 1. The zero-order valence-electron chi connectivity index (χ0n) is 17.0. The Morgan fingerprint density at radius 1 is 1.29 bits per heavy atom. The summed E-state index contributed by atoms with van der Waals surface area (Å²) in [7, 11) is 0. The number of imidazole rings is 1. The van der Waals surface area contributed by atoms with Crippen molar-refractivity contribution in [3.8, 4) is 22.9 Å². The number of nitrogens with one attached hydrogen (secondary N) is 1. The van der Waals surface area contributed by atoms with E-state index >= 15 is 0 Å². The molecule has 31 heavy (non-hydrogen) atoms. The number of nitriles is 1. The molecule has 3 aromatic heterocycles. The van der Waals surface area contributed by atoms with E-state index in [4.69, 9.17) is 4.74 Å². The van der Waals surface area contributed by atoms with Crippen molar-refractivity contribution in [2.45, 2.75) is 32.9 Å². The molecule has 0 saturated carbocycles. The second-order valence-electron chi connectivity index (χ2n) is 7.37. The molecule has 5 rings (SSSR count). The highest BCUT2D eigenvalue weighted by atomic mass is 19.1. The van der Waals surface area contributed by atoms with Gasteiger partial charge >= 0.3 is 0 Å². The summed E-state index contributed by atoms with van der Waals surface area (Å²) in [5, 5.41) is 16.9. The lowest BCUT2D eigenvalue weighted by atomic mass is 10.0. The number of anilines is 1. The molecule has 4 heterocycles. The first-order chi connectivity index (χ1) is 15.2. The summed E-state index contributed by atoms with van der Waals surface area (Å²) in [4.78, 5) is 8.98. The highest BCUT2D eigenvalue weighted by Gasteiger charge is 2.20. The van der Waals surface area contributed by atoms with Gasteiger partial charge in [0.1, 0.15) is 17.6 Å². The number of hydrogen-bond donors (Lipinski definition) is 1. The van der Waals surface area contributed by atoms with Crippen molar-refractivity contribution in [2.75, 3.05) is 11.9 Å². The van der Waals surface area contributed by atoms with Gasteiger partial charge in [0, 0.05) is 54.2 Å². The van der Waals surface area contributed by atoms with Crippen LogP contribution < -0.4 is 10.1 Å². The number of halogens is 1. The number of hydrogen-bond acceptors (Lipinski definition) is 6. The van der Waals surface area contributed by atoms with Gasteiger partial charge in [0.25, 0.3) is 0 Å². The number of nitrogens with zero attached hydrogens (tertiary/aromatic N) is 6. The molecule has 0 bridgehead atoms. The third kappa shape index (κ3) is 3.36. The van der Waals surface area contributed by atoms with E-state index in [0.717, 1.165) is 35.4 Å². The summed E-state index contributed by atoms with van der Waals surface area (Å²) in [5.74, 6) is 0.922. The standard InChI is InChI=1S/C22H20FN7O/c1-2-6-29-12-14(9-27-29)17-10-25-22(30-13-15(8-24)28-21(17)30)26-11-18-16-5-7-31-20(16)4-3-19(18)23/h3-4,9-10,12-13H,2,5-7,11H2,1H3,(H,25,26). The first-order valence-corrected chi connectivity index (χ1v) is 10.2.